The Bertz CT molecular complexity index is 749. The fourth-order valence-corrected chi connectivity index (χ4v) is 3.21. The van der Waals surface area contributed by atoms with E-state index in [1.165, 1.54) is 6.42 Å². The van der Waals surface area contributed by atoms with Crippen LogP contribution in [0.2, 0.25) is 0 Å². The Hall–Kier alpha value is -2.42. The summed E-state index contributed by atoms with van der Waals surface area (Å²) in [6.45, 7) is 0. The van der Waals surface area contributed by atoms with Crippen molar-refractivity contribution in [3.63, 3.8) is 0 Å². The van der Waals surface area contributed by atoms with E-state index < -0.39 is 0 Å². The van der Waals surface area contributed by atoms with Crippen molar-refractivity contribution in [1.82, 2.24) is 0 Å². The minimum Gasteiger partial charge on any atom is -0.322 e. The fourth-order valence-electron chi connectivity index (χ4n) is 3.21. The highest BCUT2D eigenvalue weighted by Gasteiger charge is 2.21. The van der Waals surface area contributed by atoms with Gasteiger partial charge in [0.15, 0.2) is 0 Å². The first-order chi connectivity index (χ1) is 12.1. The summed E-state index contributed by atoms with van der Waals surface area (Å²) in [5, 5.41) is 2.75. The third-order valence-electron chi connectivity index (χ3n) is 4.61. The number of para-hydroxylation sites is 1. The van der Waals surface area contributed by atoms with Crippen molar-refractivity contribution >= 4 is 17.4 Å². The Morgan fingerprint density at radius 3 is 2.46 bits per heavy atom. The molecule has 3 heteroatoms. The number of ketones is 1. The number of carbonyl (C=O) groups is 2. The molecule has 0 heterocycles. The first-order valence-electron chi connectivity index (χ1n) is 9.12. The van der Waals surface area contributed by atoms with Gasteiger partial charge in [-0.3, -0.25) is 9.59 Å². The van der Waals surface area contributed by atoms with Crippen LogP contribution in [0.4, 0.5) is 5.69 Å². The Morgan fingerprint density at radius 1 is 1.00 bits per heavy atom. The number of nitrogens with one attached hydrogen (secondary N) is 1. The third-order valence-corrected chi connectivity index (χ3v) is 4.61. The minimum absolute atomic E-state index is 0.213. The summed E-state index contributed by atoms with van der Waals surface area (Å²) in [6, 6.07) is 14.4. The Morgan fingerprint density at radius 2 is 1.75 bits per heavy atom. The first-order valence-corrected chi connectivity index (χ1v) is 8.62. The largest absolute Gasteiger partial charge is 0.322 e. The quantitative estimate of drug-likeness (QED) is 0.872. The van der Waals surface area contributed by atoms with Crippen LogP contribution in [-0.4, -0.2) is 11.7 Å². The van der Waals surface area contributed by atoms with E-state index in [1.54, 1.807) is 36.4 Å². The van der Waals surface area contributed by atoms with Gasteiger partial charge in [-0.05, 0) is 42.6 Å². The van der Waals surface area contributed by atoms with Crippen LogP contribution in [0.15, 0.2) is 54.6 Å². The van der Waals surface area contributed by atoms with E-state index in [0.717, 1.165) is 31.2 Å². The molecule has 3 nitrogen and oxygen atoms in total. The lowest BCUT2D eigenvalue weighted by atomic mass is 9.84. The molecule has 0 atom stereocenters. The summed E-state index contributed by atoms with van der Waals surface area (Å²) in [5.74, 6) is 0.287. The summed E-state index contributed by atoms with van der Waals surface area (Å²) in [5.41, 5.74) is 1.97. The molecule has 1 aliphatic carbocycles. The van der Waals surface area contributed by atoms with Gasteiger partial charge in [0.2, 0.25) is 0 Å². The predicted molar refractivity (Wildman–Crippen MR) is 96.1 cm³/mol. The van der Waals surface area contributed by atoms with Crippen LogP contribution in [0.25, 0.3) is 0 Å². The number of benzene rings is 2. The molecular formula is C21H23NO2. The van der Waals surface area contributed by atoms with Gasteiger partial charge in [0.05, 0.1) is 1.37 Å². The van der Waals surface area contributed by atoms with E-state index in [9.17, 15) is 9.59 Å². The third kappa shape index (κ3) is 4.31. The topological polar surface area (TPSA) is 46.2 Å². The average Bonchev–Trinajstić information content (AvgIpc) is 2.65. The zero-order chi connectivity index (χ0) is 17.6. The lowest BCUT2D eigenvalue weighted by molar-refractivity contribution is -0.123. The number of hydrogen-bond acceptors (Lipinski definition) is 2. The van der Waals surface area contributed by atoms with Gasteiger partial charge in [-0.2, -0.15) is 0 Å². The van der Waals surface area contributed by atoms with E-state index >= 15 is 0 Å². The van der Waals surface area contributed by atoms with Gasteiger partial charge in [0, 0.05) is 23.6 Å². The van der Waals surface area contributed by atoms with Crippen molar-refractivity contribution in [3.8, 4) is 0 Å². The summed E-state index contributed by atoms with van der Waals surface area (Å²) >= 11 is 0. The van der Waals surface area contributed by atoms with Crippen molar-refractivity contribution in [1.29, 1.82) is 0 Å². The molecule has 2 aromatic carbocycles. The average molecular weight is 323 g/mol. The Kier molecular flexibility index (Phi) is 4.99. The maximum atomic E-state index is 12.4. The van der Waals surface area contributed by atoms with Crippen molar-refractivity contribution in [2.75, 3.05) is 5.32 Å². The van der Waals surface area contributed by atoms with E-state index in [2.05, 4.69) is 5.32 Å². The predicted octanol–water partition coefficient (Wildman–Crippen LogP) is 4.63. The molecule has 0 bridgehead atoms. The van der Waals surface area contributed by atoms with Crippen LogP contribution in [0.3, 0.4) is 0 Å². The van der Waals surface area contributed by atoms with Crippen molar-refractivity contribution in [2.24, 2.45) is 5.92 Å². The molecule has 1 saturated carbocycles. The van der Waals surface area contributed by atoms with Crippen molar-refractivity contribution < 1.29 is 11.0 Å². The van der Waals surface area contributed by atoms with Gasteiger partial charge in [-0.15, -0.1) is 0 Å². The molecule has 0 radical (unpaired) electrons. The molecule has 0 unspecified atom stereocenters. The van der Waals surface area contributed by atoms with Gasteiger partial charge in [0.1, 0.15) is 5.78 Å². The highest BCUT2D eigenvalue weighted by molar-refractivity contribution is 6.04. The molecule has 3 rings (SSSR count). The second-order valence-electron chi connectivity index (χ2n) is 6.41. The lowest BCUT2D eigenvalue weighted by Crippen LogP contribution is -2.19. The van der Waals surface area contributed by atoms with E-state index in [0.29, 0.717) is 23.5 Å². The highest BCUT2D eigenvalue weighted by atomic mass is 16.1. The molecule has 1 N–H and O–H groups in total. The van der Waals surface area contributed by atoms with Crippen molar-refractivity contribution in [3.05, 3.63) is 65.7 Å². The van der Waals surface area contributed by atoms with Crippen LogP contribution >= 0.6 is 0 Å². The molecule has 1 amide bonds. The molecule has 0 saturated heterocycles. The smallest absolute Gasteiger partial charge is 0.255 e. The van der Waals surface area contributed by atoms with Crippen LogP contribution in [0, 0.1) is 5.92 Å². The van der Waals surface area contributed by atoms with Crippen LogP contribution in [0.1, 0.15) is 49.4 Å². The summed E-state index contributed by atoms with van der Waals surface area (Å²) in [4.78, 5) is 24.7. The van der Waals surface area contributed by atoms with E-state index in [4.69, 9.17) is 1.37 Å². The SMILES string of the molecule is [3H]c1ccccc1NC(=O)c1ccc(CC(=O)C2CCCCC2)cc1. The van der Waals surface area contributed by atoms with Gasteiger partial charge < -0.3 is 5.32 Å². The lowest BCUT2D eigenvalue weighted by Gasteiger charge is -2.20. The van der Waals surface area contributed by atoms with Crippen LogP contribution in [-0.2, 0) is 11.2 Å². The monoisotopic (exact) mass is 323 g/mol. The second-order valence-corrected chi connectivity index (χ2v) is 6.41. The molecule has 2 aromatic rings. The highest BCUT2D eigenvalue weighted by Crippen LogP contribution is 2.25. The Balaban J connectivity index is 1.60. The fraction of sp³-hybridized carbons (Fsp3) is 0.333. The molecule has 24 heavy (non-hydrogen) atoms. The number of anilines is 1. The van der Waals surface area contributed by atoms with Crippen molar-refractivity contribution in [2.45, 2.75) is 38.5 Å². The van der Waals surface area contributed by atoms with Gasteiger partial charge >= 0.3 is 0 Å². The summed E-state index contributed by atoms with van der Waals surface area (Å²) in [7, 11) is 0. The minimum atomic E-state index is -0.246. The van der Waals surface area contributed by atoms with E-state index in [-0.39, 0.29) is 17.9 Å². The van der Waals surface area contributed by atoms with Crippen LogP contribution in [0.5, 0.6) is 0 Å². The molecule has 0 aliphatic heterocycles. The zero-order valence-electron chi connectivity index (χ0n) is 14.8. The second kappa shape index (κ2) is 7.91. The number of carbonyl (C=O) groups excluding carboxylic acids is 2. The number of Topliss-reactive ketones (excluding diaryl/α,β-unsaturated/α-hetero) is 1. The van der Waals surface area contributed by atoms with Gasteiger partial charge in [0.25, 0.3) is 5.91 Å². The molecule has 1 aliphatic rings. The first kappa shape index (κ1) is 15.1. The molecule has 0 aromatic heterocycles. The summed E-state index contributed by atoms with van der Waals surface area (Å²) in [6.07, 6.45) is 6.05. The van der Waals surface area contributed by atoms with Crippen LogP contribution < -0.4 is 5.32 Å². The Labute approximate surface area is 144 Å². The van der Waals surface area contributed by atoms with E-state index in [1.807, 2.05) is 12.1 Å². The normalized spacial score (nSPS) is 15.6. The number of amides is 1. The molecule has 1 fully saturated rings. The number of hydrogen-bond donors (Lipinski definition) is 1. The molecule has 124 valence electrons. The maximum absolute atomic E-state index is 12.4. The zero-order valence-corrected chi connectivity index (χ0v) is 13.8. The maximum Gasteiger partial charge on any atom is 0.255 e. The standard InChI is InChI=1S/C21H23NO2/c23-20(17-7-3-1-4-8-17)15-16-11-13-18(14-12-16)21(24)22-19-9-5-2-6-10-19/h2,5-6,9-14,17H,1,3-4,7-8,15H2,(H,22,24)/i9T. The van der Waals surface area contributed by atoms with Gasteiger partial charge in [-0.25, -0.2) is 0 Å². The number of rotatable bonds is 5. The summed E-state index contributed by atoms with van der Waals surface area (Å²) < 4.78 is 7.78. The molecular weight excluding hydrogens is 298 g/mol. The van der Waals surface area contributed by atoms with Gasteiger partial charge in [-0.1, -0.05) is 49.6 Å². The molecule has 0 spiro atoms.